The summed E-state index contributed by atoms with van der Waals surface area (Å²) in [5.74, 6) is -0.424. The average Bonchev–Trinajstić information content (AvgIpc) is 3.18. The van der Waals surface area contributed by atoms with Crippen molar-refractivity contribution >= 4 is 43.5 Å². The van der Waals surface area contributed by atoms with Crippen molar-refractivity contribution in [3.63, 3.8) is 0 Å². The van der Waals surface area contributed by atoms with Crippen LogP contribution >= 0.6 is 27.5 Å². The first-order valence-electron chi connectivity index (χ1n) is 10.0. The van der Waals surface area contributed by atoms with Crippen molar-refractivity contribution in [1.29, 1.82) is 0 Å². The summed E-state index contributed by atoms with van der Waals surface area (Å²) in [6.07, 6.45) is 4.76. The van der Waals surface area contributed by atoms with Crippen LogP contribution in [0.4, 0.5) is 0 Å². The largest absolute Gasteiger partial charge is 0.480 e. The normalized spacial score (nSPS) is 15.9. The summed E-state index contributed by atoms with van der Waals surface area (Å²) in [5.41, 5.74) is 1.47. The number of sulfonamides is 1. The number of pyridine rings is 1. The van der Waals surface area contributed by atoms with Gasteiger partial charge in [0.05, 0.1) is 27.9 Å². The molecule has 3 aromatic rings. The van der Waals surface area contributed by atoms with Crippen molar-refractivity contribution in [3.05, 3.63) is 63.5 Å². The van der Waals surface area contributed by atoms with Gasteiger partial charge in [0.1, 0.15) is 17.2 Å². The Bertz CT molecular complexity index is 1310. The number of hydrogen-bond donors (Lipinski definition) is 1. The van der Waals surface area contributed by atoms with E-state index in [1.54, 1.807) is 30.5 Å². The quantitative estimate of drug-likeness (QED) is 0.463. The number of benzene rings is 1. The molecule has 2 aromatic heterocycles. The first kappa shape index (κ1) is 23.7. The molecule has 1 aliphatic carbocycles. The molecular weight excluding hydrogens is 536 g/mol. The van der Waals surface area contributed by atoms with Gasteiger partial charge in [0.15, 0.2) is 0 Å². The lowest BCUT2D eigenvalue weighted by molar-refractivity contribution is -0.137. The highest BCUT2D eigenvalue weighted by atomic mass is 79.9. The van der Waals surface area contributed by atoms with E-state index in [1.807, 2.05) is 0 Å². The minimum absolute atomic E-state index is 0.00608. The predicted molar refractivity (Wildman–Crippen MR) is 124 cm³/mol. The number of aliphatic carboxylic acids is 1. The zero-order valence-electron chi connectivity index (χ0n) is 17.5. The van der Waals surface area contributed by atoms with Crippen molar-refractivity contribution in [2.24, 2.45) is 0 Å². The SMILES string of the molecule is CN([C@@H]1CCCc2c1cnn2CC(=O)O)S(=O)(=O)c1cnc(Oc2ccccc2Cl)c(Br)c1. The molecule has 0 radical (unpaired) electrons. The van der Waals surface area contributed by atoms with Crippen LogP contribution in [0.5, 0.6) is 11.6 Å². The van der Waals surface area contributed by atoms with Crippen LogP contribution in [-0.2, 0) is 27.8 Å². The highest BCUT2D eigenvalue weighted by Crippen LogP contribution is 2.38. The highest BCUT2D eigenvalue weighted by molar-refractivity contribution is 9.10. The van der Waals surface area contributed by atoms with E-state index in [4.69, 9.17) is 21.4 Å². The van der Waals surface area contributed by atoms with E-state index in [0.29, 0.717) is 28.1 Å². The molecule has 1 atom stereocenters. The predicted octanol–water partition coefficient (Wildman–Crippen LogP) is 4.27. The first-order valence-corrected chi connectivity index (χ1v) is 12.6. The summed E-state index contributed by atoms with van der Waals surface area (Å²) in [6, 6.07) is 7.86. The molecule has 9 nitrogen and oxygen atoms in total. The lowest BCUT2D eigenvalue weighted by Gasteiger charge is -2.30. The lowest BCUT2D eigenvalue weighted by atomic mass is 9.93. The van der Waals surface area contributed by atoms with Gasteiger partial charge in [0.25, 0.3) is 0 Å². The molecule has 0 amide bonds. The van der Waals surface area contributed by atoms with E-state index < -0.39 is 22.0 Å². The van der Waals surface area contributed by atoms with Crippen molar-refractivity contribution in [3.8, 4) is 11.6 Å². The standard InChI is InChI=1S/C21H20BrClN4O5S/c1-26(17-6-4-7-18-14(17)11-25-27(18)12-20(28)29)33(30,31)13-9-15(22)21(24-10-13)32-19-8-3-2-5-16(19)23/h2-3,5,8-11,17H,4,6-7,12H2,1H3,(H,28,29)/t17-/m1/s1. The maximum absolute atomic E-state index is 13.4. The number of hydrogen-bond acceptors (Lipinski definition) is 6. The fourth-order valence-electron chi connectivity index (χ4n) is 3.83. The van der Waals surface area contributed by atoms with Crippen LogP contribution in [0.3, 0.4) is 0 Å². The zero-order valence-corrected chi connectivity index (χ0v) is 20.6. The van der Waals surface area contributed by atoms with Crippen molar-refractivity contribution < 1.29 is 23.1 Å². The number of para-hydroxylation sites is 1. The van der Waals surface area contributed by atoms with E-state index in [0.717, 1.165) is 17.7 Å². The topological polar surface area (TPSA) is 115 Å². The van der Waals surface area contributed by atoms with Crippen LogP contribution in [0.25, 0.3) is 0 Å². The van der Waals surface area contributed by atoms with Gasteiger partial charge in [0, 0.05) is 18.3 Å². The van der Waals surface area contributed by atoms with Crippen LogP contribution in [0.2, 0.25) is 5.02 Å². The van der Waals surface area contributed by atoms with E-state index in [-0.39, 0.29) is 17.3 Å². The molecule has 12 heteroatoms. The van der Waals surface area contributed by atoms with E-state index >= 15 is 0 Å². The average molecular weight is 556 g/mol. The maximum atomic E-state index is 13.4. The van der Waals surface area contributed by atoms with Crippen LogP contribution in [0.1, 0.15) is 30.1 Å². The summed E-state index contributed by atoms with van der Waals surface area (Å²) < 4.78 is 35.5. The van der Waals surface area contributed by atoms with E-state index in [9.17, 15) is 13.2 Å². The molecule has 0 saturated carbocycles. The zero-order chi connectivity index (χ0) is 23.8. The fraction of sp³-hybridized carbons (Fsp3) is 0.286. The second-order valence-electron chi connectivity index (χ2n) is 7.52. The Labute approximate surface area is 204 Å². The maximum Gasteiger partial charge on any atom is 0.325 e. The molecule has 0 spiro atoms. The van der Waals surface area contributed by atoms with Gasteiger partial charge in [-0.2, -0.15) is 9.40 Å². The van der Waals surface area contributed by atoms with Gasteiger partial charge >= 0.3 is 5.97 Å². The van der Waals surface area contributed by atoms with Crippen molar-refractivity contribution in [1.82, 2.24) is 19.1 Å². The molecule has 0 aliphatic heterocycles. The Morgan fingerprint density at radius 2 is 2.12 bits per heavy atom. The molecule has 1 aromatic carbocycles. The highest BCUT2D eigenvalue weighted by Gasteiger charge is 2.34. The van der Waals surface area contributed by atoms with Gasteiger partial charge in [0.2, 0.25) is 15.9 Å². The summed E-state index contributed by atoms with van der Waals surface area (Å²) >= 11 is 9.46. The van der Waals surface area contributed by atoms with Crippen molar-refractivity contribution in [2.45, 2.75) is 36.7 Å². The number of aromatic nitrogens is 3. The van der Waals surface area contributed by atoms with Gasteiger partial charge in [-0.15, -0.1) is 0 Å². The third-order valence-corrected chi connectivity index (χ3v) is 8.17. The number of fused-ring (bicyclic) bond motifs is 1. The monoisotopic (exact) mass is 554 g/mol. The second-order valence-corrected chi connectivity index (χ2v) is 10.8. The van der Waals surface area contributed by atoms with Crippen molar-refractivity contribution in [2.75, 3.05) is 7.05 Å². The molecular formula is C21H20BrClN4O5S. The van der Waals surface area contributed by atoms with E-state index in [1.165, 1.54) is 28.3 Å². The molecule has 1 aliphatic rings. The van der Waals surface area contributed by atoms with Crippen LogP contribution in [0.15, 0.2) is 52.1 Å². The smallest absolute Gasteiger partial charge is 0.325 e. The van der Waals surface area contributed by atoms with Gasteiger partial charge in [-0.25, -0.2) is 13.4 Å². The number of carbonyl (C=O) groups is 1. The third kappa shape index (κ3) is 4.77. The fourth-order valence-corrected chi connectivity index (χ4v) is 5.92. The summed E-state index contributed by atoms with van der Waals surface area (Å²) in [5, 5.41) is 13.7. The van der Waals surface area contributed by atoms with Gasteiger partial charge < -0.3 is 9.84 Å². The van der Waals surface area contributed by atoms with Gasteiger partial charge in [-0.05, 0) is 53.4 Å². The third-order valence-electron chi connectivity index (χ3n) is 5.46. The number of carboxylic acids is 1. The molecule has 2 heterocycles. The van der Waals surface area contributed by atoms with Gasteiger partial charge in [-0.1, -0.05) is 23.7 Å². The number of nitrogens with zero attached hydrogens (tertiary/aromatic N) is 4. The van der Waals surface area contributed by atoms with Gasteiger partial charge in [-0.3, -0.25) is 9.48 Å². The molecule has 174 valence electrons. The molecule has 33 heavy (non-hydrogen) atoms. The Morgan fingerprint density at radius 1 is 1.36 bits per heavy atom. The second kappa shape index (κ2) is 9.41. The Hall–Kier alpha value is -2.47. The minimum Gasteiger partial charge on any atom is -0.480 e. The lowest BCUT2D eigenvalue weighted by Crippen LogP contribution is -2.33. The molecule has 0 bridgehead atoms. The van der Waals surface area contributed by atoms with Crippen LogP contribution < -0.4 is 4.74 Å². The molecule has 0 saturated heterocycles. The molecule has 0 unspecified atom stereocenters. The first-order chi connectivity index (χ1) is 15.7. The Kier molecular flexibility index (Phi) is 6.76. The minimum atomic E-state index is -3.91. The Balaban J connectivity index is 1.60. The molecule has 4 rings (SSSR count). The van der Waals surface area contributed by atoms with Crippen LogP contribution in [0, 0.1) is 0 Å². The summed E-state index contributed by atoms with van der Waals surface area (Å²) in [4.78, 5) is 15.3. The number of rotatable bonds is 7. The van der Waals surface area contributed by atoms with E-state index in [2.05, 4.69) is 26.0 Å². The molecule has 1 N–H and O–H groups in total. The molecule has 0 fully saturated rings. The number of halogens is 2. The Morgan fingerprint density at radius 3 is 2.82 bits per heavy atom. The van der Waals surface area contributed by atoms with Crippen LogP contribution in [-0.4, -0.2) is 45.6 Å². The number of ether oxygens (including phenoxy) is 1. The summed E-state index contributed by atoms with van der Waals surface area (Å²) in [6.45, 7) is -0.262. The summed E-state index contributed by atoms with van der Waals surface area (Å²) in [7, 11) is -2.40. The number of carboxylic acid groups (broad SMARTS) is 1.